The number of carbonyl (C=O) groups excluding carboxylic acids is 2. The second kappa shape index (κ2) is 7.61. The number of anilines is 1. The number of aliphatic hydroxyl groups is 1. The molecule has 11 nitrogen and oxygen atoms in total. The lowest BCUT2D eigenvalue weighted by atomic mass is 9.66. The van der Waals surface area contributed by atoms with Crippen LogP contribution in [-0.4, -0.2) is 56.4 Å². The molecule has 4 aliphatic heterocycles. The molecule has 188 valence electrons. The van der Waals surface area contributed by atoms with E-state index in [0.717, 1.165) is 16.6 Å². The van der Waals surface area contributed by atoms with Gasteiger partial charge in [-0.15, -0.1) is 0 Å². The fourth-order valence-corrected chi connectivity index (χ4v) is 6.86. The zero-order chi connectivity index (χ0) is 25.5. The monoisotopic (exact) mass is 520 g/mol. The summed E-state index contributed by atoms with van der Waals surface area (Å²) < 4.78 is 31.5. The highest BCUT2D eigenvalue weighted by Crippen LogP contribution is 2.62. The van der Waals surface area contributed by atoms with Gasteiger partial charge in [0.1, 0.15) is 28.5 Å². The smallest absolute Gasteiger partial charge is 0.240 e. The molecule has 1 N–H and O–H groups in total. The third kappa shape index (κ3) is 2.93. The zero-order valence-corrected chi connectivity index (χ0v) is 20.4. The van der Waals surface area contributed by atoms with Gasteiger partial charge in [-0.3, -0.25) is 9.59 Å². The van der Waals surface area contributed by atoms with Gasteiger partial charge in [-0.2, -0.15) is 14.0 Å². The van der Waals surface area contributed by atoms with E-state index in [4.69, 9.17) is 18.9 Å². The lowest BCUT2D eigenvalue weighted by molar-refractivity contribution is -0.134. The Hall–Kier alpha value is -3.79. The summed E-state index contributed by atoms with van der Waals surface area (Å²) in [7, 11) is 0. The summed E-state index contributed by atoms with van der Waals surface area (Å²) in [4.78, 5) is 28.8. The fourth-order valence-electron chi connectivity index (χ4n) is 6.29. The van der Waals surface area contributed by atoms with Gasteiger partial charge in [-0.1, -0.05) is 0 Å². The van der Waals surface area contributed by atoms with Crippen molar-refractivity contribution < 1.29 is 33.6 Å². The number of ether oxygens (including phenoxy) is 4. The van der Waals surface area contributed by atoms with Crippen molar-refractivity contribution in [2.45, 2.75) is 37.1 Å². The number of amides is 2. The van der Waals surface area contributed by atoms with Crippen LogP contribution in [-0.2, 0) is 14.3 Å². The van der Waals surface area contributed by atoms with Crippen LogP contribution in [0.5, 0.6) is 17.2 Å². The van der Waals surface area contributed by atoms with Crippen molar-refractivity contribution in [2.75, 3.05) is 18.3 Å². The normalized spacial score (nSPS) is 31.3. The first-order chi connectivity index (χ1) is 17.9. The van der Waals surface area contributed by atoms with Crippen LogP contribution in [0.2, 0.25) is 0 Å². The third-order valence-electron chi connectivity index (χ3n) is 8.01. The minimum Gasteiger partial charge on any atom is -0.493 e. The summed E-state index contributed by atoms with van der Waals surface area (Å²) in [6.45, 7) is 2.05. The van der Waals surface area contributed by atoms with E-state index in [9.17, 15) is 20.0 Å². The molecule has 4 aliphatic rings. The first-order valence-corrected chi connectivity index (χ1v) is 12.5. The number of fused-ring (bicyclic) bond motifs is 7. The van der Waals surface area contributed by atoms with Gasteiger partial charge in [-0.25, -0.2) is 4.90 Å². The van der Waals surface area contributed by atoms with Crippen LogP contribution in [0.4, 0.5) is 5.69 Å². The van der Waals surface area contributed by atoms with Crippen molar-refractivity contribution in [1.29, 1.82) is 5.26 Å². The number of aromatic nitrogens is 2. The minimum atomic E-state index is -1.21. The van der Waals surface area contributed by atoms with Gasteiger partial charge in [0.2, 0.25) is 18.6 Å². The Morgan fingerprint density at radius 2 is 1.95 bits per heavy atom. The summed E-state index contributed by atoms with van der Waals surface area (Å²) in [5.74, 6) is -0.693. The summed E-state index contributed by atoms with van der Waals surface area (Å²) in [5, 5.41) is 20.3. The van der Waals surface area contributed by atoms with Gasteiger partial charge in [0.25, 0.3) is 0 Å². The number of nitriles is 1. The highest BCUT2D eigenvalue weighted by atomic mass is 32.1. The number of nitrogens with zero attached hydrogens (tertiary/aromatic N) is 4. The Balaban J connectivity index is 1.20. The predicted molar refractivity (Wildman–Crippen MR) is 127 cm³/mol. The molecule has 37 heavy (non-hydrogen) atoms. The van der Waals surface area contributed by atoms with Crippen LogP contribution in [0.15, 0.2) is 30.3 Å². The molecule has 5 atom stereocenters. The van der Waals surface area contributed by atoms with Crippen LogP contribution in [0, 0.1) is 23.2 Å². The number of hydrogen-bond acceptors (Lipinski definition) is 11. The fraction of sp³-hybridized carbons (Fsp3) is 0.400. The quantitative estimate of drug-likeness (QED) is 0.497. The molecule has 1 aromatic heterocycles. The third-order valence-corrected chi connectivity index (χ3v) is 8.54. The van der Waals surface area contributed by atoms with Crippen LogP contribution in [0.1, 0.15) is 25.3 Å². The molecule has 5 heterocycles. The van der Waals surface area contributed by atoms with Crippen molar-refractivity contribution in [3.8, 4) is 23.3 Å². The molecule has 0 saturated carbocycles. The number of aliphatic hydroxyl groups excluding tert-OH is 1. The van der Waals surface area contributed by atoms with E-state index in [0.29, 0.717) is 40.3 Å². The number of imide groups is 1. The molecule has 2 bridgehead atoms. The van der Waals surface area contributed by atoms with Crippen molar-refractivity contribution in [2.24, 2.45) is 11.8 Å². The van der Waals surface area contributed by atoms with E-state index in [1.807, 2.05) is 0 Å². The molecular weight excluding hydrogens is 500 g/mol. The predicted octanol–water partition coefficient (Wildman–Crippen LogP) is 2.16. The highest BCUT2D eigenvalue weighted by Gasteiger charge is 2.77. The SMILES string of the molecule is C[C@]12O[C@](CCOc3ccc4c(c3)OCO4)(C[C@@H]1O)[C@H]1C(=O)N(c3ccc(C#N)c4nsnc34)C(=O)[C@H]12. The molecular formula is C25H20N4O7S. The maximum absolute atomic E-state index is 13.9. The molecule has 0 radical (unpaired) electrons. The molecule has 2 amide bonds. The average molecular weight is 521 g/mol. The second-order valence-electron chi connectivity index (χ2n) is 9.86. The zero-order valence-electron chi connectivity index (χ0n) is 19.5. The molecule has 3 saturated heterocycles. The maximum Gasteiger partial charge on any atom is 0.240 e. The summed E-state index contributed by atoms with van der Waals surface area (Å²) in [6, 6.07) is 10.4. The van der Waals surface area contributed by atoms with Crippen LogP contribution >= 0.6 is 11.7 Å². The lowest BCUT2D eigenvalue weighted by Gasteiger charge is -2.33. The molecule has 7 rings (SSSR count). The Morgan fingerprint density at radius 3 is 2.78 bits per heavy atom. The van der Waals surface area contributed by atoms with Crippen molar-refractivity contribution in [3.63, 3.8) is 0 Å². The Kier molecular flexibility index (Phi) is 4.61. The highest BCUT2D eigenvalue weighted by molar-refractivity contribution is 7.00. The second-order valence-corrected chi connectivity index (χ2v) is 10.4. The molecule has 0 unspecified atom stereocenters. The number of hydrogen-bond donors (Lipinski definition) is 1. The van der Waals surface area contributed by atoms with Gasteiger partial charge in [0, 0.05) is 18.9 Å². The van der Waals surface area contributed by atoms with Crippen molar-refractivity contribution >= 4 is 40.3 Å². The number of rotatable bonds is 5. The summed E-state index contributed by atoms with van der Waals surface area (Å²) in [6.07, 6.45) is -0.412. The van der Waals surface area contributed by atoms with Crippen LogP contribution < -0.4 is 19.1 Å². The topological polar surface area (TPSA) is 144 Å². The van der Waals surface area contributed by atoms with Gasteiger partial charge in [-0.05, 0) is 31.2 Å². The minimum absolute atomic E-state index is 0.157. The maximum atomic E-state index is 13.9. The van der Waals surface area contributed by atoms with E-state index in [2.05, 4.69) is 14.8 Å². The summed E-state index contributed by atoms with van der Waals surface area (Å²) >= 11 is 0.909. The van der Waals surface area contributed by atoms with E-state index < -0.39 is 41.0 Å². The Bertz CT molecular complexity index is 1530. The Labute approximate surface area is 214 Å². The van der Waals surface area contributed by atoms with Crippen molar-refractivity contribution in [1.82, 2.24) is 8.75 Å². The molecule has 0 spiro atoms. The van der Waals surface area contributed by atoms with Crippen molar-refractivity contribution in [3.05, 3.63) is 35.9 Å². The molecule has 0 aliphatic carbocycles. The van der Waals surface area contributed by atoms with E-state index in [-0.39, 0.29) is 25.5 Å². The lowest BCUT2D eigenvalue weighted by Crippen LogP contribution is -2.49. The molecule has 12 heteroatoms. The van der Waals surface area contributed by atoms with Gasteiger partial charge in [0.15, 0.2) is 11.5 Å². The molecule has 3 fully saturated rings. The molecule has 2 aromatic carbocycles. The van der Waals surface area contributed by atoms with Gasteiger partial charge >= 0.3 is 0 Å². The molecule has 3 aromatic rings. The first-order valence-electron chi connectivity index (χ1n) is 11.8. The number of benzene rings is 2. The van der Waals surface area contributed by atoms with Crippen LogP contribution in [0.3, 0.4) is 0 Å². The van der Waals surface area contributed by atoms with E-state index in [1.165, 1.54) is 6.07 Å². The standard InChI is InChI=1S/C25H20N4O7S/c1-24-17(30)9-25(36-24,6-7-33-13-3-5-15-16(8-13)35-11-34-15)19-18(24)22(31)29(23(19)32)14-4-2-12(10-26)20-21(14)28-37-27-20/h2-5,8,17-19,30H,6-7,9,11H2,1H3/t17-,18-,19+,24-,25+/m0/s1. The van der Waals surface area contributed by atoms with E-state index >= 15 is 0 Å². The van der Waals surface area contributed by atoms with E-state index in [1.54, 1.807) is 31.2 Å². The average Bonchev–Trinajstić information content (AvgIpc) is 3.67. The van der Waals surface area contributed by atoms with Gasteiger partial charge in [0.05, 0.1) is 53.1 Å². The number of carbonyl (C=O) groups is 2. The largest absolute Gasteiger partial charge is 0.493 e. The van der Waals surface area contributed by atoms with Crippen LogP contribution in [0.25, 0.3) is 11.0 Å². The van der Waals surface area contributed by atoms with Gasteiger partial charge < -0.3 is 24.1 Å². The first kappa shape index (κ1) is 22.4. The Morgan fingerprint density at radius 1 is 1.16 bits per heavy atom. The summed E-state index contributed by atoms with van der Waals surface area (Å²) in [5.41, 5.74) is -1.00.